The molecule has 0 unspecified atom stereocenters. The van der Waals surface area contributed by atoms with Crippen LogP contribution >= 0.6 is 11.8 Å². The van der Waals surface area contributed by atoms with Gasteiger partial charge in [-0.2, -0.15) is 0 Å². The molecule has 114 valence electrons. The maximum Gasteiger partial charge on any atom is 0.259 e. The van der Waals surface area contributed by atoms with Crippen LogP contribution in [0, 0.1) is 0 Å². The van der Waals surface area contributed by atoms with Crippen LogP contribution in [0.15, 0.2) is 40.3 Å². The summed E-state index contributed by atoms with van der Waals surface area (Å²) in [4.78, 5) is 13.5. The van der Waals surface area contributed by atoms with Crippen LogP contribution in [0.5, 0.6) is 5.75 Å². The maximum atomic E-state index is 12.4. The van der Waals surface area contributed by atoms with E-state index in [9.17, 15) is 4.79 Å². The Labute approximate surface area is 131 Å². The molecule has 0 saturated carbocycles. The highest BCUT2D eigenvalue weighted by molar-refractivity contribution is 8.06. The van der Waals surface area contributed by atoms with E-state index in [1.165, 1.54) is 11.8 Å². The van der Waals surface area contributed by atoms with Gasteiger partial charge in [0.2, 0.25) is 0 Å². The summed E-state index contributed by atoms with van der Waals surface area (Å²) in [6, 6.07) is 5.68. The predicted molar refractivity (Wildman–Crippen MR) is 90.6 cm³/mol. The Morgan fingerprint density at radius 3 is 2.57 bits per heavy atom. The number of ether oxygens (including phenoxy) is 1. The van der Waals surface area contributed by atoms with Crippen LogP contribution in [0.2, 0.25) is 0 Å². The van der Waals surface area contributed by atoms with E-state index in [2.05, 4.69) is 12.2 Å². The van der Waals surface area contributed by atoms with Gasteiger partial charge in [0.25, 0.3) is 5.91 Å². The second-order valence-corrected chi connectivity index (χ2v) is 5.78. The van der Waals surface area contributed by atoms with Crippen LogP contribution in [0.25, 0.3) is 0 Å². The molecule has 0 heterocycles. The van der Waals surface area contributed by atoms with Crippen molar-refractivity contribution in [2.45, 2.75) is 34.1 Å². The van der Waals surface area contributed by atoms with Gasteiger partial charge in [-0.15, -0.1) is 0 Å². The van der Waals surface area contributed by atoms with E-state index >= 15 is 0 Å². The molecule has 0 aliphatic carbocycles. The van der Waals surface area contributed by atoms with Crippen molar-refractivity contribution in [3.63, 3.8) is 0 Å². The van der Waals surface area contributed by atoms with E-state index in [-0.39, 0.29) is 5.91 Å². The van der Waals surface area contributed by atoms with Gasteiger partial charge in [-0.25, -0.2) is 0 Å². The normalized spacial score (nSPS) is 12.2. The zero-order chi connectivity index (χ0) is 15.8. The summed E-state index contributed by atoms with van der Waals surface area (Å²) in [6.45, 7) is 7.97. The molecule has 1 aromatic carbocycles. The SMILES string of the molecule is C/C=C(/C)S/C(=C\C)NC(=O)c1ccc(CC)cc1OC. The number of aryl methyl sites for hydroxylation is 1. The summed E-state index contributed by atoms with van der Waals surface area (Å²) in [5.74, 6) is 0.453. The number of carbonyl (C=O) groups excluding carboxylic acids is 1. The van der Waals surface area contributed by atoms with Crippen LogP contribution in [0.4, 0.5) is 0 Å². The van der Waals surface area contributed by atoms with Crippen molar-refractivity contribution in [1.29, 1.82) is 0 Å². The number of thioether (sulfide) groups is 1. The molecule has 4 heteroatoms. The van der Waals surface area contributed by atoms with Crippen LogP contribution in [-0.4, -0.2) is 13.0 Å². The highest BCUT2D eigenvalue weighted by Gasteiger charge is 2.14. The zero-order valence-corrected chi connectivity index (χ0v) is 14.1. The van der Waals surface area contributed by atoms with Gasteiger partial charge in [0, 0.05) is 0 Å². The number of methoxy groups -OCH3 is 1. The molecule has 1 N–H and O–H groups in total. The molecule has 0 radical (unpaired) electrons. The van der Waals surface area contributed by atoms with Gasteiger partial charge in [0.05, 0.1) is 17.7 Å². The molecule has 0 spiro atoms. The molecule has 0 aromatic heterocycles. The smallest absolute Gasteiger partial charge is 0.259 e. The van der Waals surface area contributed by atoms with Gasteiger partial charge >= 0.3 is 0 Å². The van der Waals surface area contributed by atoms with Crippen molar-refractivity contribution in [3.8, 4) is 5.75 Å². The molecule has 0 bridgehead atoms. The van der Waals surface area contributed by atoms with Crippen molar-refractivity contribution in [3.05, 3.63) is 51.4 Å². The summed E-state index contributed by atoms with van der Waals surface area (Å²) in [7, 11) is 1.58. The third-order valence-corrected chi connectivity index (χ3v) is 4.21. The largest absolute Gasteiger partial charge is 0.496 e. The van der Waals surface area contributed by atoms with E-state index in [0.29, 0.717) is 11.3 Å². The molecule has 0 saturated heterocycles. The van der Waals surface area contributed by atoms with E-state index in [4.69, 9.17) is 4.74 Å². The molecule has 0 aliphatic heterocycles. The Hall–Kier alpha value is -1.68. The standard InChI is InChI=1S/C17H23NO2S/c1-6-12(4)21-16(8-3)18-17(19)14-10-9-13(7-2)11-15(14)20-5/h6,8-11H,7H2,1-5H3,(H,18,19)/b12-6-,16-8-. The lowest BCUT2D eigenvalue weighted by Gasteiger charge is -2.12. The molecule has 3 nitrogen and oxygen atoms in total. The second kappa shape index (κ2) is 8.57. The lowest BCUT2D eigenvalue weighted by Crippen LogP contribution is -2.22. The fraction of sp³-hybridized carbons (Fsp3) is 0.353. The number of benzene rings is 1. The number of allylic oxidation sites excluding steroid dienone is 3. The van der Waals surface area contributed by atoms with E-state index < -0.39 is 0 Å². The monoisotopic (exact) mass is 305 g/mol. The molecule has 1 amide bonds. The third kappa shape index (κ3) is 4.97. The van der Waals surface area contributed by atoms with Crippen molar-refractivity contribution < 1.29 is 9.53 Å². The van der Waals surface area contributed by atoms with E-state index in [1.807, 2.05) is 51.1 Å². The topological polar surface area (TPSA) is 38.3 Å². The van der Waals surface area contributed by atoms with Gasteiger partial charge in [0.1, 0.15) is 5.75 Å². The molecule has 0 aliphatic rings. The molecule has 21 heavy (non-hydrogen) atoms. The zero-order valence-electron chi connectivity index (χ0n) is 13.3. The molecule has 1 rings (SSSR count). The van der Waals surface area contributed by atoms with E-state index in [1.54, 1.807) is 7.11 Å². The summed E-state index contributed by atoms with van der Waals surface area (Å²) in [5, 5.41) is 3.74. The fourth-order valence-corrected chi connectivity index (χ4v) is 2.44. The quantitative estimate of drug-likeness (QED) is 0.840. The number of hydrogen-bond acceptors (Lipinski definition) is 3. The average Bonchev–Trinajstić information content (AvgIpc) is 2.52. The first kappa shape index (κ1) is 17.4. The van der Waals surface area contributed by atoms with E-state index in [0.717, 1.165) is 21.9 Å². The van der Waals surface area contributed by atoms with Gasteiger partial charge in [-0.05, 0) is 49.8 Å². The molecule has 1 aromatic rings. The number of hydrogen-bond donors (Lipinski definition) is 1. The maximum absolute atomic E-state index is 12.4. The first-order valence-electron chi connectivity index (χ1n) is 7.01. The highest BCUT2D eigenvalue weighted by atomic mass is 32.2. The molecule has 0 fully saturated rings. The summed E-state index contributed by atoms with van der Waals surface area (Å²) >= 11 is 1.54. The Kier molecular flexibility index (Phi) is 7.09. The van der Waals surface area contributed by atoms with Crippen LogP contribution in [-0.2, 0) is 6.42 Å². The van der Waals surface area contributed by atoms with Gasteiger partial charge < -0.3 is 10.1 Å². The van der Waals surface area contributed by atoms with Crippen molar-refractivity contribution in [2.75, 3.05) is 7.11 Å². The molecular weight excluding hydrogens is 282 g/mol. The van der Waals surface area contributed by atoms with Crippen molar-refractivity contribution >= 4 is 17.7 Å². The fourth-order valence-electron chi connectivity index (χ4n) is 1.71. The van der Waals surface area contributed by atoms with Crippen molar-refractivity contribution in [2.24, 2.45) is 0 Å². The van der Waals surface area contributed by atoms with Crippen LogP contribution in [0.3, 0.4) is 0 Å². The summed E-state index contributed by atoms with van der Waals surface area (Å²) in [6.07, 6.45) is 4.81. The predicted octanol–water partition coefficient (Wildman–Crippen LogP) is 4.51. The van der Waals surface area contributed by atoms with Crippen molar-refractivity contribution in [1.82, 2.24) is 5.32 Å². The van der Waals surface area contributed by atoms with Crippen LogP contribution in [0.1, 0.15) is 43.6 Å². The van der Waals surface area contributed by atoms with Crippen LogP contribution < -0.4 is 10.1 Å². The third-order valence-electron chi connectivity index (χ3n) is 3.10. The lowest BCUT2D eigenvalue weighted by molar-refractivity contribution is 0.0966. The average molecular weight is 305 g/mol. The number of carbonyl (C=O) groups is 1. The Morgan fingerprint density at radius 1 is 1.33 bits per heavy atom. The van der Waals surface area contributed by atoms with Gasteiger partial charge in [-0.1, -0.05) is 36.9 Å². The second-order valence-electron chi connectivity index (χ2n) is 4.50. The highest BCUT2D eigenvalue weighted by Crippen LogP contribution is 2.25. The summed E-state index contributed by atoms with van der Waals surface area (Å²) in [5.41, 5.74) is 1.70. The minimum absolute atomic E-state index is 0.154. The number of nitrogens with one attached hydrogen (secondary N) is 1. The Morgan fingerprint density at radius 2 is 2.05 bits per heavy atom. The Balaban J connectivity index is 2.93. The Bertz CT molecular complexity index is 562. The van der Waals surface area contributed by atoms with Gasteiger partial charge in [-0.3, -0.25) is 4.79 Å². The number of amides is 1. The first-order chi connectivity index (χ1) is 10.0. The van der Waals surface area contributed by atoms with Gasteiger partial charge in [0.15, 0.2) is 0 Å². The first-order valence-corrected chi connectivity index (χ1v) is 7.82. The number of rotatable bonds is 6. The summed E-state index contributed by atoms with van der Waals surface area (Å²) < 4.78 is 5.33. The molecular formula is C17H23NO2S. The minimum atomic E-state index is -0.154. The molecule has 0 atom stereocenters. The minimum Gasteiger partial charge on any atom is -0.496 e. The lowest BCUT2D eigenvalue weighted by atomic mass is 10.1.